The Morgan fingerprint density at radius 3 is 2.81 bits per heavy atom. The van der Waals surface area contributed by atoms with Crippen LogP contribution in [0, 0.1) is 0 Å². The van der Waals surface area contributed by atoms with Crippen LogP contribution < -0.4 is 0 Å². The number of hydrogen-bond acceptors (Lipinski definition) is 3. The number of aromatic amines is 1. The highest BCUT2D eigenvalue weighted by molar-refractivity contribution is 9.10. The molecule has 0 radical (unpaired) electrons. The van der Waals surface area contributed by atoms with Crippen molar-refractivity contribution in [2.24, 2.45) is 0 Å². The summed E-state index contributed by atoms with van der Waals surface area (Å²) in [6.45, 7) is 6.92. The van der Waals surface area contributed by atoms with Crippen LogP contribution in [-0.4, -0.2) is 39.7 Å². The minimum Gasteiger partial charge on any atom is -0.444 e. The highest BCUT2D eigenvalue weighted by Crippen LogP contribution is 2.28. The molecule has 0 unspecified atom stereocenters. The van der Waals surface area contributed by atoms with E-state index in [1.165, 1.54) is 0 Å². The summed E-state index contributed by atoms with van der Waals surface area (Å²) in [5.74, 6) is 1.19. The van der Waals surface area contributed by atoms with Crippen LogP contribution in [0.25, 0.3) is 11.0 Å². The number of halogens is 1. The Labute approximate surface area is 131 Å². The molecule has 1 aromatic heterocycles. The fourth-order valence-corrected chi connectivity index (χ4v) is 2.68. The minimum atomic E-state index is -0.451. The van der Waals surface area contributed by atoms with Crippen molar-refractivity contribution in [3.05, 3.63) is 28.5 Å². The average Bonchev–Trinajstić information content (AvgIpc) is 2.66. The van der Waals surface area contributed by atoms with E-state index in [0.717, 1.165) is 21.3 Å². The smallest absolute Gasteiger partial charge is 0.410 e. The van der Waals surface area contributed by atoms with E-state index < -0.39 is 5.60 Å². The van der Waals surface area contributed by atoms with Crippen LogP contribution in [0.4, 0.5) is 4.79 Å². The monoisotopic (exact) mass is 351 g/mol. The maximum atomic E-state index is 11.9. The van der Waals surface area contributed by atoms with Gasteiger partial charge in [0.15, 0.2) is 0 Å². The van der Waals surface area contributed by atoms with Crippen LogP contribution in [0.3, 0.4) is 0 Å². The van der Waals surface area contributed by atoms with Gasteiger partial charge in [-0.1, -0.05) is 15.9 Å². The molecule has 1 aliphatic heterocycles. The highest BCUT2D eigenvalue weighted by atomic mass is 79.9. The lowest BCUT2D eigenvalue weighted by Gasteiger charge is -2.38. The first kappa shape index (κ1) is 14.4. The van der Waals surface area contributed by atoms with Gasteiger partial charge in [0.05, 0.1) is 17.0 Å². The molecule has 0 saturated carbocycles. The number of ether oxygens (including phenoxy) is 1. The lowest BCUT2D eigenvalue weighted by Crippen LogP contribution is -2.50. The zero-order valence-corrected chi connectivity index (χ0v) is 13.9. The van der Waals surface area contributed by atoms with E-state index in [4.69, 9.17) is 4.74 Å². The molecule has 1 aromatic carbocycles. The van der Waals surface area contributed by atoms with E-state index in [2.05, 4.69) is 25.9 Å². The summed E-state index contributed by atoms with van der Waals surface area (Å²) >= 11 is 3.45. The first-order chi connectivity index (χ1) is 9.82. The van der Waals surface area contributed by atoms with Gasteiger partial charge in [0.2, 0.25) is 0 Å². The Balaban J connectivity index is 1.66. The summed E-state index contributed by atoms with van der Waals surface area (Å²) < 4.78 is 6.37. The number of carbonyl (C=O) groups excluding carboxylic acids is 1. The quantitative estimate of drug-likeness (QED) is 0.852. The molecule has 1 amide bonds. The molecular weight excluding hydrogens is 334 g/mol. The Morgan fingerprint density at radius 1 is 1.43 bits per heavy atom. The fraction of sp³-hybridized carbons (Fsp3) is 0.467. The SMILES string of the molecule is CC(C)(C)OC(=O)N1CC(c2nc3ccc(Br)cc3[nH]2)C1. The number of likely N-dealkylation sites (tertiary alicyclic amines) is 1. The van der Waals surface area contributed by atoms with Gasteiger partial charge in [0, 0.05) is 17.6 Å². The van der Waals surface area contributed by atoms with Gasteiger partial charge < -0.3 is 14.6 Å². The van der Waals surface area contributed by atoms with Crippen LogP contribution in [0.15, 0.2) is 22.7 Å². The molecule has 0 aliphatic carbocycles. The number of nitrogens with zero attached hydrogens (tertiary/aromatic N) is 2. The molecule has 1 saturated heterocycles. The van der Waals surface area contributed by atoms with Crippen molar-refractivity contribution >= 4 is 33.1 Å². The van der Waals surface area contributed by atoms with Crippen molar-refractivity contribution in [3.8, 4) is 0 Å². The van der Waals surface area contributed by atoms with Gasteiger partial charge in [-0.05, 0) is 39.0 Å². The van der Waals surface area contributed by atoms with Gasteiger partial charge in [0.25, 0.3) is 0 Å². The summed E-state index contributed by atoms with van der Waals surface area (Å²) in [4.78, 5) is 21.5. The molecule has 0 atom stereocenters. The molecule has 0 spiro atoms. The van der Waals surface area contributed by atoms with E-state index in [1.54, 1.807) is 4.90 Å². The van der Waals surface area contributed by atoms with Crippen molar-refractivity contribution in [2.75, 3.05) is 13.1 Å². The van der Waals surface area contributed by atoms with Crippen LogP contribution in [0.2, 0.25) is 0 Å². The van der Waals surface area contributed by atoms with Gasteiger partial charge in [-0.2, -0.15) is 0 Å². The second-order valence-electron chi connectivity index (χ2n) is 6.37. The van der Waals surface area contributed by atoms with Gasteiger partial charge in [0.1, 0.15) is 11.4 Å². The van der Waals surface area contributed by atoms with Crippen molar-refractivity contribution in [3.63, 3.8) is 0 Å². The number of aromatic nitrogens is 2. The predicted octanol–water partition coefficient (Wildman–Crippen LogP) is 3.66. The lowest BCUT2D eigenvalue weighted by molar-refractivity contribution is 0.00761. The molecule has 1 fully saturated rings. The summed E-state index contributed by atoms with van der Waals surface area (Å²) in [7, 11) is 0. The molecule has 2 heterocycles. The van der Waals surface area contributed by atoms with Crippen molar-refractivity contribution in [1.29, 1.82) is 0 Å². The number of amides is 1. The van der Waals surface area contributed by atoms with Gasteiger partial charge >= 0.3 is 6.09 Å². The largest absolute Gasteiger partial charge is 0.444 e. The van der Waals surface area contributed by atoms with Crippen LogP contribution in [0.5, 0.6) is 0 Å². The second kappa shape index (κ2) is 5.02. The molecule has 2 aromatic rings. The maximum absolute atomic E-state index is 11.9. The van der Waals surface area contributed by atoms with E-state index >= 15 is 0 Å². The normalized spacial score (nSPS) is 16.1. The van der Waals surface area contributed by atoms with Crippen molar-refractivity contribution in [1.82, 2.24) is 14.9 Å². The molecule has 112 valence electrons. The summed E-state index contributed by atoms with van der Waals surface area (Å²) in [6.07, 6.45) is -0.252. The Morgan fingerprint density at radius 2 is 2.14 bits per heavy atom. The number of benzene rings is 1. The molecule has 5 nitrogen and oxygen atoms in total. The predicted molar refractivity (Wildman–Crippen MR) is 84.3 cm³/mol. The minimum absolute atomic E-state index is 0.252. The van der Waals surface area contributed by atoms with Crippen LogP contribution >= 0.6 is 15.9 Å². The topological polar surface area (TPSA) is 58.2 Å². The van der Waals surface area contributed by atoms with Crippen molar-refractivity contribution in [2.45, 2.75) is 32.3 Å². The molecule has 0 bridgehead atoms. The first-order valence-electron chi connectivity index (χ1n) is 6.95. The third-order valence-electron chi connectivity index (χ3n) is 3.38. The number of H-pyrrole nitrogens is 1. The molecule has 21 heavy (non-hydrogen) atoms. The van der Waals surface area contributed by atoms with E-state index in [1.807, 2.05) is 39.0 Å². The van der Waals surface area contributed by atoms with E-state index in [9.17, 15) is 4.79 Å². The van der Waals surface area contributed by atoms with Crippen LogP contribution in [-0.2, 0) is 4.74 Å². The summed E-state index contributed by atoms with van der Waals surface area (Å²) in [5.41, 5.74) is 1.51. The zero-order chi connectivity index (χ0) is 15.2. The summed E-state index contributed by atoms with van der Waals surface area (Å²) in [5, 5.41) is 0. The van der Waals surface area contributed by atoms with Crippen molar-refractivity contribution < 1.29 is 9.53 Å². The van der Waals surface area contributed by atoms with Crippen LogP contribution in [0.1, 0.15) is 32.5 Å². The fourth-order valence-electron chi connectivity index (χ4n) is 2.32. The Bertz CT molecular complexity index is 684. The number of hydrogen-bond donors (Lipinski definition) is 1. The lowest BCUT2D eigenvalue weighted by atomic mass is 10.0. The zero-order valence-electron chi connectivity index (χ0n) is 12.3. The third kappa shape index (κ3) is 3.05. The Hall–Kier alpha value is -1.56. The molecule has 3 rings (SSSR count). The number of nitrogens with one attached hydrogen (secondary N) is 1. The van der Waals surface area contributed by atoms with E-state index in [0.29, 0.717) is 13.1 Å². The number of rotatable bonds is 1. The third-order valence-corrected chi connectivity index (χ3v) is 3.88. The number of carbonyl (C=O) groups is 1. The number of fused-ring (bicyclic) bond motifs is 1. The van der Waals surface area contributed by atoms with E-state index in [-0.39, 0.29) is 12.0 Å². The Kier molecular flexibility index (Phi) is 3.43. The van der Waals surface area contributed by atoms with Gasteiger partial charge in [-0.25, -0.2) is 9.78 Å². The highest BCUT2D eigenvalue weighted by Gasteiger charge is 2.36. The second-order valence-corrected chi connectivity index (χ2v) is 7.28. The van der Waals surface area contributed by atoms with Gasteiger partial charge in [-0.3, -0.25) is 0 Å². The molecule has 1 aliphatic rings. The summed E-state index contributed by atoms with van der Waals surface area (Å²) in [6, 6.07) is 5.96. The first-order valence-corrected chi connectivity index (χ1v) is 7.74. The maximum Gasteiger partial charge on any atom is 0.410 e. The average molecular weight is 352 g/mol. The van der Waals surface area contributed by atoms with Gasteiger partial charge in [-0.15, -0.1) is 0 Å². The standard InChI is InChI=1S/C15H18BrN3O2/c1-15(2,3)21-14(20)19-7-9(8-19)13-17-11-5-4-10(16)6-12(11)18-13/h4-6,9H,7-8H2,1-3H3,(H,17,18). The molecule has 6 heteroatoms. The molecular formula is C15H18BrN3O2. The number of imidazole rings is 1. The molecule has 1 N–H and O–H groups in total.